The van der Waals surface area contributed by atoms with Crippen LogP contribution < -0.4 is 32.8 Å². The molecule has 0 saturated heterocycles. The number of ether oxygens (including phenoxy) is 3. The van der Waals surface area contributed by atoms with E-state index in [-0.39, 0.29) is 25.7 Å². The number of rotatable bonds is 12. The average Bonchev–Trinajstić information content (AvgIpc) is 2.75. The predicted octanol–water partition coefficient (Wildman–Crippen LogP) is 3.31. The van der Waals surface area contributed by atoms with Gasteiger partial charge in [0, 0.05) is 12.9 Å². The van der Waals surface area contributed by atoms with Gasteiger partial charge in [-0.1, -0.05) is 47.6 Å². The summed E-state index contributed by atoms with van der Waals surface area (Å²) >= 11 is 0. The molecule has 33 heavy (non-hydrogen) atoms. The smallest absolute Gasteiger partial charge is 0.540 e. The summed E-state index contributed by atoms with van der Waals surface area (Å²) in [5.41, 5.74) is 2.96. The number of methoxy groups -OCH3 is 2. The van der Waals surface area contributed by atoms with E-state index < -0.39 is 14.4 Å². The van der Waals surface area contributed by atoms with Crippen LogP contribution in [0.2, 0.25) is 16.6 Å². The van der Waals surface area contributed by atoms with E-state index in [1.807, 2.05) is 36.4 Å². The molecule has 0 saturated carbocycles. The van der Waals surface area contributed by atoms with E-state index in [9.17, 15) is 5.11 Å². The van der Waals surface area contributed by atoms with Gasteiger partial charge < -0.3 is 23.7 Å². The van der Waals surface area contributed by atoms with E-state index in [4.69, 9.17) is 18.6 Å². The maximum Gasteiger partial charge on any atom is 1.00 e. The van der Waals surface area contributed by atoms with Crippen molar-refractivity contribution in [3.8, 4) is 17.2 Å². The SMILES string of the molecule is COCOc1[c-]c(C[C@@H](O)c2ccc(OC)c(O[Si](C(C)C)(C(C)C)C(C)C)c2)ccc1.[Li+]. The molecule has 0 unspecified atom stereocenters. The molecule has 1 N–H and O–H groups in total. The van der Waals surface area contributed by atoms with Gasteiger partial charge in [0.1, 0.15) is 5.75 Å². The average molecular weight is 467 g/mol. The Labute approximate surface area is 213 Å². The molecule has 0 radical (unpaired) electrons. The van der Waals surface area contributed by atoms with Crippen molar-refractivity contribution in [2.24, 2.45) is 0 Å². The van der Waals surface area contributed by atoms with Crippen LogP contribution in [0.4, 0.5) is 0 Å². The fraction of sp³-hybridized carbons (Fsp3) is 0.538. The summed E-state index contributed by atoms with van der Waals surface area (Å²) in [4.78, 5) is 0. The third-order valence-corrected chi connectivity index (χ3v) is 12.1. The van der Waals surface area contributed by atoms with Crippen LogP contribution in [-0.4, -0.2) is 34.4 Å². The summed E-state index contributed by atoms with van der Waals surface area (Å²) in [5, 5.41) is 11.0. The van der Waals surface area contributed by atoms with Gasteiger partial charge in [-0.15, -0.1) is 12.1 Å². The van der Waals surface area contributed by atoms with Gasteiger partial charge in [-0.2, -0.15) is 17.7 Å². The van der Waals surface area contributed by atoms with Crippen LogP contribution in [0.25, 0.3) is 0 Å². The first-order chi connectivity index (χ1) is 15.1. The van der Waals surface area contributed by atoms with Gasteiger partial charge in [0.2, 0.25) is 0 Å². The van der Waals surface area contributed by atoms with Crippen LogP contribution in [0.3, 0.4) is 0 Å². The van der Waals surface area contributed by atoms with E-state index in [0.29, 0.717) is 40.3 Å². The van der Waals surface area contributed by atoms with Gasteiger partial charge in [-0.05, 0) is 40.7 Å². The van der Waals surface area contributed by atoms with Crippen molar-refractivity contribution in [2.75, 3.05) is 21.0 Å². The Morgan fingerprint density at radius 1 is 0.909 bits per heavy atom. The van der Waals surface area contributed by atoms with Crippen LogP contribution in [0, 0.1) is 6.07 Å². The Bertz CT molecular complexity index is 835. The normalized spacial score (nSPS) is 12.6. The summed E-state index contributed by atoms with van der Waals surface area (Å²) < 4.78 is 22.9. The quantitative estimate of drug-likeness (QED) is 0.296. The molecule has 0 aliphatic rings. The third kappa shape index (κ3) is 7.28. The standard InChI is InChI=1S/C26H39O5Si.Li/c1-18(2)32(19(3)4,20(5)6)31-26-16-22(12-13-25(26)29-8)24(27)15-21-10-9-11-23(14-21)30-17-28-7;/h9-13,16,18-20,24,27H,15,17H2,1-8H3;/q-1;+1/t24-;/m1./s1. The molecule has 5 nitrogen and oxygen atoms in total. The second-order valence-electron chi connectivity index (χ2n) is 9.14. The number of aliphatic hydroxyl groups excluding tert-OH is 1. The molecular formula is C26H39LiO5Si. The first-order valence-electron chi connectivity index (χ1n) is 11.3. The molecule has 2 aromatic rings. The van der Waals surface area contributed by atoms with Gasteiger partial charge in [-0.3, -0.25) is 0 Å². The summed E-state index contributed by atoms with van der Waals surface area (Å²) in [6.45, 7) is 13.7. The summed E-state index contributed by atoms with van der Waals surface area (Å²) in [5.74, 6) is 2.01. The van der Waals surface area contributed by atoms with Gasteiger partial charge in [0.05, 0.1) is 13.2 Å². The van der Waals surface area contributed by atoms with Crippen molar-refractivity contribution >= 4 is 8.32 Å². The maximum absolute atomic E-state index is 11.0. The zero-order valence-electron chi connectivity index (χ0n) is 21.8. The second kappa shape index (κ2) is 13.5. The van der Waals surface area contributed by atoms with E-state index in [2.05, 4.69) is 47.6 Å². The molecule has 0 bridgehead atoms. The Morgan fingerprint density at radius 3 is 2.09 bits per heavy atom. The van der Waals surface area contributed by atoms with E-state index in [1.165, 1.54) is 0 Å². The van der Waals surface area contributed by atoms with E-state index >= 15 is 0 Å². The first kappa shape index (κ1) is 29.6. The topological polar surface area (TPSA) is 57.2 Å². The molecule has 178 valence electrons. The summed E-state index contributed by atoms with van der Waals surface area (Å²) in [7, 11) is 1.07. The minimum Gasteiger partial charge on any atom is -0.540 e. The van der Waals surface area contributed by atoms with E-state index in [0.717, 1.165) is 11.1 Å². The Hall–Kier alpha value is -1.43. The Morgan fingerprint density at radius 2 is 1.55 bits per heavy atom. The van der Waals surface area contributed by atoms with Crippen molar-refractivity contribution in [1.29, 1.82) is 0 Å². The molecule has 0 heterocycles. The Balaban J connectivity index is 0.00000544. The number of benzene rings is 2. The molecule has 2 rings (SSSR count). The van der Waals surface area contributed by atoms with Crippen molar-refractivity contribution < 1.29 is 42.6 Å². The zero-order valence-corrected chi connectivity index (χ0v) is 22.8. The molecule has 7 heteroatoms. The summed E-state index contributed by atoms with van der Waals surface area (Å²) in [6.07, 6.45) is -0.290. The second-order valence-corrected chi connectivity index (χ2v) is 14.5. The molecule has 1 atom stereocenters. The van der Waals surface area contributed by atoms with Crippen LogP contribution >= 0.6 is 0 Å². The molecule has 0 aliphatic carbocycles. The van der Waals surface area contributed by atoms with Crippen LogP contribution in [0.1, 0.15) is 58.8 Å². The van der Waals surface area contributed by atoms with Gasteiger partial charge in [0.25, 0.3) is 8.32 Å². The predicted molar refractivity (Wildman–Crippen MR) is 131 cm³/mol. The van der Waals surface area contributed by atoms with Crippen molar-refractivity contribution in [1.82, 2.24) is 0 Å². The fourth-order valence-corrected chi connectivity index (χ4v) is 9.92. The largest absolute Gasteiger partial charge is 1.00 e. The van der Waals surface area contributed by atoms with Crippen molar-refractivity contribution in [3.05, 3.63) is 53.6 Å². The molecule has 0 spiro atoms. The molecule has 0 aliphatic heterocycles. The summed E-state index contributed by atoms with van der Waals surface area (Å²) in [6, 6.07) is 14.5. The van der Waals surface area contributed by atoms with Crippen LogP contribution in [0.5, 0.6) is 17.2 Å². The van der Waals surface area contributed by atoms with Crippen molar-refractivity contribution in [2.45, 2.75) is 70.7 Å². The van der Waals surface area contributed by atoms with Gasteiger partial charge >= 0.3 is 18.9 Å². The van der Waals surface area contributed by atoms with Crippen LogP contribution in [-0.2, 0) is 11.2 Å². The van der Waals surface area contributed by atoms with Gasteiger partial charge in [0.15, 0.2) is 12.5 Å². The number of aliphatic hydroxyl groups is 1. The monoisotopic (exact) mass is 466 g/mol. The minimum absolute atomic E-state index is 0. The molecule has 0 amide bonds. The molecule has 0 fully saturated rings. The fourth-order valence-electron chi connectivity index (χ4n) is 4.67. The van der Waals surface area contributed by atoms with Gasteiger partial charge in [-0.25, -0.2) is 0 Å². The molecule has 0 aromatic heterocycles. The number of hydrogen-bond acceptors (Lipinski definition) is 5. The molecular weight excluding hydrogens is 427 g/mol. The Kier molecular flexibility index (Phi) is 12.1. The number of hydrogen-bond donors (Lipinski definition) is 1. The van der Waals surface area contributed by atoms with Crippen molar-refractivity contribution in [3.63, 3.8) is 0 Å². The minimum atomic E-state index is -2.16. The third-order valence-electron chi connectivity index (χ3n) is 6.14. The first-order valence-corrected chi connectivity index (χ1v) is 13.5. The maximum atomic E-state index is 11.0. The zero-order chi connectivity index (χ0) is 23.9. The van der Waals surface area contributed by atoms with Crippen LogP contribution in [0.15, 0.2) is 36.4 Å². The molecule has 2 aromatic carbocycles. The van der Waals surface area contributed by atoms with E-state index in [1.54, 1.807) is 14.2 Å².